The number of cyclic esters (lactones) is 1. The van der Waals surface area contributed by atoms with Gasteiger partial charge in [-0.3, -0.25) is 0 Å². The highest BCUT2D eigenvalue weighted by Gasteiger charge is 2.42. The van der Waals surface area contributed by atoms with Crippen LogP contribution >= 0.6 is 0 Å². The molecule has 0 spiro atoms. The van der Waals surface area contributed by atoms with Crippen LogP contribution in [0.4, 0.5) is 9.59 Å². The number of nitrogens with two attached hydrogens (primary N) is 1. The molecule has 0 aliphatic carbocycles. The van der Waals surface area contributed by atoms with Crippen molar-refractivity contribution in [2.24, 2.45) is 5.73 Å². The molecule has 104 valence electrons. The highest BCUT2D eigenvalue weighted by atomic mass is 16.6. The predicted molar refractivity (Wildman–Crippen MR) is 69.5 cm³/mol. The molecule has 1 aromatic carbocycles. The van der Waals surface area contributed by atoms with Gasteiger partial charge in [-0.15, -0.1) is 0 Å². The summed E-state index contributed by atoms with van der Waals surface area (Å²) in [6.07, 6.45) is -1.43. The first-order chi connectivity index (χ1) is 9.12. The summed E-state index contributed by atoms with van der Waals surface area (Å²) in [6, 6.07) is 9.14. The van der Waals surface area contributed by atoms with E-state index in [2.05, 4.69) is 5.32 Å². The molecule has 0 radical (unpaired) electrons. The number of carbonyl (C=O) groups excluding carboxylic acids is 2. The summed E-state index contributed by atoms with van der Waals surface area (Å²) in [7, 11) is 0. The molecule has 1 aromatic rings. The molecule has 6 nitrogen and oxygen atoms in total. The van der Waals surface area contributed by atoms with Crippen molar-refractivity contribution >= 4 is 12.2 Å². The lowest BCUT2D eigenvalue weighted by Crippen LogP contribution is -2.45. The van der Waals surface area contributed by atoms with Crippen molar-refractivity contribution in [3.63, 3.8) is 0 Å². The molecular formula is C13H18N2O4. The number of primary amides is 1. The SMILES string of the molecule is CC.NC(=O)OCC1(c2ccccc2)COC(=O)N1. The zero-order chi connectivity index (χ0) is 14.3. The van der Waals surface area contributed by atoms with Crippen LogP contribution in [0, 0.1) is 0 Å². The van der Waals surface area contributed by atoms with Crippen LogP contribution in [0.3, 0.4) is 0 Å². The Balaban J connectivity index is 0.000000861. The first kappa shape index (κ1) is 14.8. The van der Waals surface area contributed by atoms with E-state index < -0.39 is 17.7 Å². The van der Waals surface area contributed by atoms with Crippen LogP contribution in [0.2, 0.25) is 0 Å². The van der Waals surface area contributed by atoms with Gasteiger partial charge in [0.25, 0.3) is 0 Å². The Morgan fingerprint density at radius 1 is 1.42 bits per heavy atom. The maximum absolute atomic E-state index is 11.2. The Morgan fingerprint density at radius 3 is 2.53 bits per heavy atom. The molecule has 2 amide bonds. The van der Waals surface area contributed by atoms with Crippen molar-refractivity contribution in [1.82, 2.24) is 5.32 Å². The number of alkyl carbamates (subject to hydrolysis) is 1. The van der Waals surface area contributed by atoms with Crippen molar-refractivity contribution in [3.8, 4) is 0 Å². The van der Waals surface area contributed by atoms with Gasteiger partial charge in [-0.05, 0) is 5.56 Å². The third kappa shape index (κ3) is 3.61. The average molecular weight is 266 g/mol. The van der Waals surface area contributed by atoms with Crippen LogP contribution < -0.4 is 11.1 Å². The minimum atomic E-state index is -0.888. The Labute approximate surface area is 111 Å². The number of benzene rings is 1. The van der Waals surface area contributed by atoms with E-state index >= 15 is 0 Å². The van der Waals surface area contributed by atoms with Crippen molar-refractivity contribution < 1.29 is 19.1 Å². The first-order valence-corrected chi connectivity index (χ1v) is 6.05. The predicted octanol–water partition coefficient (Wildman–Crippen LogP) is 1.74. The molecule has 1 saturated heterocycles. The molecule has 6 heteroatoms. The van der Waals surface area contributed by atoms with Crippen LogP contribution in [-0.2, 0) is 15.0 Å². The van der Waals surface area contributed by atoms with Gasteiger partial charge < -0.3 is 20.5 Å². The van der Waals surface area contributed by atoms with E-state index in [1.165, 1.54) is 0 Å². The lowest BCUT2D eigenvalue weighted by Gasteiger charge is -2.25. The monoisotopic (exact) mass is 266 g/mol. The van der Waals surface area contributed by atoms with Gasteiger partial charge in [-0.2, -0.15) is 0 Å². The topological polar surface area (TPSA) is 90.7 Å². The van der Waals surface area contributed by atoms with Crippen LogP contribution in [0.1, 0.15) is 19.4 Å². The van der Waals surface area contributed by atoms with Crippen molar-refractivity contribution in [3.05, 3.63) is 35.9 Å². The van der Waals surface area contributed by atoms with E-state index in [0.29, 0.717) is 0 Å². The van der Waals surface area contributed by atoms with Crippen molar-refractivity contribution in [2.45, 2.75) is 19.4 Å². The lowest BCUT2D eigenvalue weighted by atomic mass is 9.92. The molecule has 1 aliphatic rings. The highest BCUT2D eigenvalue weighted by Crippen LogP contribution is 2.26. The summed E-state index contributed by atoms with van der Waals surface area (Å²) in [5, 5.41) is 2.65. The van der Waals surface area contributed by atoms with Crippen LogP contribution in [0.5, 0.6) is 0 Å². The Kier molecular flexibility index (Phi) is 5.17. The standard InChI is InChI=1S/C11H12N2O4.C2H6/c12-9(14)16-6-11(7-17-10(15)13-11)8-4-2-1-3-5-8;1-2/h1-5H,6-7H2,(H2,12,14)(H,13,15);1-2H3. The molecule has 2 rings (SSSR count). The second-order valence-electron chi connectivity index (χ2n) is 3.76. The quantitative estimate of drug-likeness (QED) is 0.871. The summed E-state index contributed by atoms with van der Waals surface area (Å²) in [5.74, 6) is 0. The molecular weight excluding hydrogens is 248 g/mol. The van der Waals surface area contributed by atoms with Crippen LogP contribution in [-0.4, -0.2) is 25.4 Å². The van der Waals surface area contributed by atoms with E-state index in [4.69, 9.17) is 15.2 Å². The summed E-state index contributed by atoms with van der Waals surface area (Å²) in [4.78, 5) is 21.8. The fourth-order valence-electron chi connectivity index (χ4n) is 1.72. The van der Waals surface area contributed by atoms with E-state index in [1.807, 2.05) is 44.2 Å². The third-order valence-corrected chi connectivity index (χ3v) is 2.58. The van der Waals surface area contributed by atoms with E-state index in [1.54, 1.807) is 0 Å². The maximum atomic E-state index is 11.2. The number of carbonyl (C=O) groups is 2. The Bertz CT molecular complexity index is 436. The average Bonchev–Trinajstić information content (AvgIpc) is 2.83. The van der Waals surface area contributed by atoms with Gasteiger partial charge in [0.15, 0.2) is 0 Å². The lowest BCUT2D eigenvalue weighted by molar-refractivity contribution is 0.108. The minimum absolute atomic E-state index is 0.0575. The number of rotatable bonds is 3. The molecule has 1 fully saturated rings. The normalized spacial score (nSPS) is 20.6. The molecule has 1 atom stereocenters. The number of ether oxygens (including phenoxy) is 2. The molecule has 0 aromatic heterocycles. The van der Waals surface area contributed by atoms with Crippen molar-refractivity contribution in [1.29, 1.82) is 0 Å². The summed E-state index contributed by atoms with van der Waals surface area (Å²) < 4.78 is 9.65. The van der Waals surface area contributed by atoms with Gasteiger partial charge in [0.1, 0.15) is 18.8 Å². The number of hydrogen-bond acceptors (Lipinski definition) is 4. The van der Waals surface area contributed by atoms with Gasteiger partial charge >= 0.3 is 12.2 Å². The summed E-state index contributed by atoms with van der Waals surface area (Å²) in [5.41, 5.74) is 4.87. The molecule has 19 heavy (non-hydrogen) atoms. The summed E-state index contributed by atoms with van der Waals surface area (Å²) >= 11 is 0. The fraction of sp³-hybridized carbons (Fsp3) is 0.385. The second-order valence-corrected chi connectivity index (χ2v) is 3.76. The minimum Gasteiger partial charge on any atom is -0.447 e. The molecule has 1 unspecified atom stereocenters. The zero-order valence-electron chi connectivity index (χ0n) is 11.0. The zero-order valence-corrected chi connectivity index (χ0v) is 11.0. The fourth-order valence-corrected chi connectivity index (χ4v) is 1.72. The van der Waals surface area contributed by atoms with Crippen LogP contribution in [0.25, 0.3) is 0 Å². The van der Waals surface area contributed by atoms with Gasteiger partial charge in [-0.1, -0.05) is 44.2 Å². The third-order valence-electron chi connectivity index (χ3n) is 2.58. The Morgan fingerprint density at radius 2 is 2.05 bits per heavy atom. The maximum Gasteiger partial charge on any atom is 0.408 e. The summed E-state index contributed by atoms with van der Waals surface area (Å²) in [6.45, 7) is 4.04. The van der Waals surface area contributed by atoms with Gasteiger partial charge in [-0.25, -0.2) is 9.59 Å². The smallest absolute Gasteiger partial charge is 0.408 e. The molecule has 1 heterocycles. The number of amides is 2. The van der Waals surface area contributed by atoms with Crippen molar-refractivity contribution in [2.75, 3.05) is 13.2 Å². The highest BCUT2D eigenvalue weighted by molar-refractivity contribution is 5.71. The second kappa shape index (κ2) is 6.63. The van der Waals surface area contributed by atoms with Gasteiger partial charge in [0.05, 0.1) is 0 Å². The first-order valence-electron chi connectivity index (χ1n) is 6.05. The molecule has 0 bridgehead atoms. The van der Waals surface area contributed by atoms with Crippen LogP contribution in [0.15, 0.2) is 30.3 Å². The van der Waals surface area contributed by atoms with Gasteiger partial charge in [0, 0.05) is 0 Å². The number of hydrogen-bond donors (Lipinski definition) is 2. The molecule has 1 aliphatic heterocycles. The van der Waals surface area contributed by atoms with Gasteiger partial charge in [0.2, 0.25) is 0 Å². The van der Waals surface area contributed by atoms with E-state index in [-0.39, 0.29) is 13.2 Å². The molecule has 3 N–H and O–H groups in total. The molecule has 0 saturated carbocycles. The number of nitrogens with one attached hydrogen (secondary N) is 1. The largest absolute Gasteiger partial charge is 0.447 e. The van der Waals surface area contributed by atoms with E-state index in [9.17, 15) is 9.59 Å². The van der Waals surface area contributed by atoms with E-state index in [0.717, 1.165) is 5.56 Å². The Hall–Kier alpha value is -2.24.